The zero-order valence-electron chi connectivity index (χ0n) is 12.1. The van der Waals surface area contributed by atoms with Crippen molar-refractivity contribution in [2.75, 3.05) is 19.7 Å². The molecule has 0 aromatic heterocycles. The van der Waals surface area contributed by atoms with Gasteiger partial charge in [0.05, 0.1) is 13.2 Å². The van der Waals surface area contributed by atoms with Gasteiger partial charge in [-0.15, -0.1) is 0 Å². The molecule has 1 unspecified atom stereocenters. The van der Waals surface area contributed by atoms with Crippen molar-refractivity contribution < 1.29 is 9.90 Å². The van der Waals surface area contributed by atoms with E-state index in [0.717, 1.165) is 36.1 Å². The zero-order valence-corrected chi connectivity index (χ0v) is 12.1. The summed E-state index contributed by atoms with van der Waals surface area (Å²) in [6.07, 6.45) is 2.07. The molecule has 0 radical (unpaired) electrons. The van der Waals surface area contributed by atoms with Crippen LogP contribution in [-0.4, -0.2) is 41.5 Å². The molecule has 0 bridgehead atoms. The minimum atomic E-state index is 0.152. The highest BCUT2D eigenvalue weighted by molar-refractivity contribution is 6.00. The maximum Gasteiger partial charge on any atom is 0.177 e. The Bertz CT molecular complexity index is 459. The molecule has 3 heteroatoms. The second-order valence-corrected chi connectivity index (χ2v) is 5.65. The van der Waals surface area contributed by atoms with Crippen molar-refractivity contribution in [1.82, 2.24) is 4.90 Å². The van der Waals surface area contributed by atoms with Gasteiger partial charge in [-0.05, 0) is 51.3 Å². The lowest BCUT2D eigenvalue weighted by Gasteiger charge is -2.22. The molecule has 1 atom stereocenters. The molecule has 19 heavy (non-hydrogen) atoms. The van der Waals surface area contributed by atoms with Gasteiger partial charge in [-0.3, -0.25) is 9.69 Å². The summed E-state index contributed by atoms with van der Waals surface area (Å²) in [5, 5.41) is 9.31. The standard InChI is InChI=1S/C16H23NO2/c1-11-7-12(2)16(13(3)8-11)15(19)9-17-6-4-5-14(17)10-18/h7-8,14,18H,4-6,9-10H2,1-3H3. The smallest absolute Gasteiger partial charge is 0.177 e. The van der Waals surface area contributed by atoms with E-state index in [9.17, 15) is 9.90 Å². The summed E-state index contributed by atoms with van der Waals surface area (Å²) < 4.78 is 0. The van der Waals surface area contributed by atoms with Gasteiger partial charge in [0.2, 0.25) is 0 Å². The number of Topliss-reactive ketones (excluding diaryl/α,β-unsaturated/α-hetero) is 1. The summed E-state index contributed by atoms with van der Waals surface area (Å²) in [7, 11) is 0. The lowest BCUT2D eigenvalue weighted by Crippen LogP contribution is -2.36. The average molecular weight is 261 g/mol. The van der Waals surface area contributed by atoms with Crippen LogP contribution < -0.4 is 0 Å². The Balaban J connectivity index is 2.16. The Kier molecular flexibility index (Phi) is 4.38. The number of hydrogen-bond acceptors (Lipinski definition) is 3. The van der Waals surface area contributed by atoms with Crippen molar-refractivity contribution in [3.8, 4) is 0 Å². The number of likely N-dealkylation sites (tertiary alicyclic amines) is 1. The fourth-order valence-corrected chi connectivity index (χ4v) is 3.19. The third-order valence-electron chi connectivity index (χ3n) is 4.01. The molecule has 1 fully saturated rings. The third-order valence-corrected chi connectivity index (χ3v) is 4.01. The van der Waals surface area contributed by atoms with E-state index in [4.69, 9.17) is 0 Å². The first kappa shape index (κ1) is 14.2. The lowest BCUT2D eigenvalue weighted by molar-refractivity contribution is 0.0886. The van der Waals surface area contributed by atoms with Gasteiger partial charge >= 0.3 is 0 Å². The summed E-state index contributed by atoms with van der Waals surface area (Å²) in [6, 6.07) is 4.29. The van der Waals surface area contributed by atoms with E-state index >= 15 is 0 Å². The largest absolute Gasteiger partial charge is 0.395 e. The second kappa shape index (κ2) is 5.85. The van der Waals surface area contributed by atoms with Crippen molar-refractivity contribution in [3.05, 3.63) is 34.4 Å². The van der Waals surface area contributed by atoms with Gasteiger partial charge in [-0.25, -0.2) is 0 Å². The van der Waals surface area contributed by atoms with Crippen LogP contribution in [0.15, 0.2) is 12.1 Å². The van der Waals surface area contributed by atoms with Crippen LogP contribution in [0.5, 0.6) is 0 Å². The van der Waals surface area contributed by atoms with Gasteiger partial charge < -0.3 is 5.11 Å². The van der Waals surface area contributed by atoms with Crippen molar-refractivity contribution in [1.29, 1.82) is 0 Å². The topological polar surface area (TPSA) is 40.5 Å². The monoisotopic (exact) mass is 261 g/mol. The van der Waals surface area contributed by atoms with Gasteiger partial charge in [0.25, 0.3) is 0 Å². The molecule has 1 aliphatic rings. The van der Waals surface area contributed by atoms with Gasteiger partial charge in [0.15, 0.2) is 5.78 Å². The molecule has 0 amide bonds. The summed E-state index contributed by atoms with van der Waals surface area (Å²) in [5.74, 6) is 0.176. The van der Waals surface area contributed by atoms with Gasteiger partial charge in [0.1, 0.15) is 0 Å². The van der Waals surface area contributed by atoms with E-state index in [1.807, 2.05) is 13.8 Å². The van der Waals surface area contributed by atoms with Crippen LogP contribution in [0.4, 0.5) is 0 Å². The predicted molar refractivity (Wildman–Crippen MR) is 76.7 cm³/mol. The molecule has 104 valence electrons. The van der Waals surface area contributed by atoms with Crippen LogP contribution in [0.1, 0.15) is 39.9 Å². The second-order valence-electron chi connectivity index (χ2n) is 5.65. The van der Waals surface area contributed by atoms with E-state index in [1.54, 1.807) is 0 Å². The SMILES string of the molecule is Cc1cc(C)c(C(=O)CN2CCCC2CO)c(C)c1. The van der Waals surface area contributed by atoms with Crippen molar-refractivity contribution in [2.24, 2.45) is 0 Å². The number of aliphatic hydroxyl groups is 1. The minimum Gasteiger partial charge on any atom is -0.395 e. The molecule has 0 saturated carbocycles. The zero-order chi connectivity index (χ0) is 14.0. The number of nitrogens with zero attached hydrogens (tertiary/aromatic N) is 1. The van der Waals surface area contributed by atoms with Crippen molar-refractivity contribution >= 4 is 5.78 Å². The fourth-order valence-electron chi connectivity index (χ4n) is 3.19. The molecule has 1 saturated heterocycles. The van der Waals surface area contributed by atoms with Crippen LogP contribution in [-0.2, 0) is 0 Å². The molecular formula is C16H23NO2. The molecule has 1 aliphatic heterocycles. The molecule has 3 nitrogen and oxygen atoms in total. The van der Waals surface area contributed by atoms with Gasteiger partial charge in [-0.2, -0.15) is 0 Å². The maximum atomic E-state index is 12.5. The molecule has 2 rings (SSSR count). The minimum absolute atomic E-state index is 0.152. The van der Waals surface area contributed by atoms with E-state index in [0.29, 0.717) is 6.54 Å². The van der Waals surface area contributed by atoms with Crippen LogP contribution in [0.3, 0.4) is 0 Å². The molecule has 0 spiro atoms. The van der Waals surface area contributed by atoms with Gasteiger partial charge in [-0.1, -0.05) is 17.7 Å². The highest BCUT2D eigenvalue weighted by atomic mass is 16.3. The Morgan fingerprint density at radius 1 is 1.32 bits per heavy atom. The van der Waals surface area contributed by atoms with E-state index < -0.39 is 0 Å². The Labute approximate surface area is 115 Å². The first-order chi connectivity index (χ1) is 9.02. The summed E-state index contributed by atoms with van der Waals surface area (Å²) in [5.41, 5.74) is 4.17. The van der Waals surface area contributed by atoms with E-state index in [-0.39, 0.29) is 18.4 Å². The normalized spacial score (nSPS) is 19.9. The van der Waals surface area contributed by atoms with E-state index in [2.05, 4.69) is 24.0 Å². The predicted octanol–water partition coefficient (Wildman–Crippen LogP) is 2.25. The fraction of sp³-hybridized carbons (Fsp3) is 0.562. The molecule has 1 aromatic rings. The summed E-state index contributed by atoms with van der Waals surface area (Å²) in [6.45, 7) is 7.55. The van der Waals surface area contributed by atoms with Crippen molar-refractivity contribution in [2.45, 2.75) is 39.7 Å². The molecule has 1 heterocycles. The lowest BCUT2D eigenvalue weighted by atomic mass is 9.96. The highest BCUT2D eigenvalue weighted by Crippen LogP contribution is 2.21. The number of hydrogen-bond donors (Lipinski definition) is 1. The quantitative estimate of drug-likeness (QED) is 0.845. The van der Waals surface area contributed by atoms with Gasteiger partial charge in [0, 0.05) is 11.6 Å². The Morgan fingerprint density at radius 2 is 1.95 bits per heavy atom. The van der Waals surface area contributed by atoms with Crippen LogP contribution >= 0.6 is 0 Å². The first-order valence-electron chi connectivity index (χ1n) is 6.99. The van der Waals surface area contributed by atoms with Crippen molar-refractivity contribution in [3.63, 3.8) is 0 Å². The molecular weight excluding hydrogens is 238 g/mol. The molecule has 1 N–H and O–H groups in total. The number of rotatable bonds is 4. The number of ketones is 1. The number of carbonyl (C=O) groups is 1. The highest BCUT2D eigenvalue weighted by Gasteiger charge is 2.26. The number of aliphatic hydroxyl groups excluding tert-OH is 1. The number of benzene rings is 1. The van der Waals surface area contributed by atoms with E-state index in [1.165, 1.54) is 5.56 Å². The molecule has 1 aromatic carbocycles. The van der Waals surface area contributed by atoms with Crippen LogP contribution in [0, 0.1) is 20.8 Å². The number of carbonyl (C=O) groups excluding carboxylic acids is 1. The maximum absolute atomic E-state index is 12.5. The number of aryl methyl sites for hydroxylation is 3. The Morgan fingerprint density at radius 3 is 2.53 bits per heavy atom. The van der Waals surface area contributed by atoms with Crippen LogP contribution in [0.2, 0.25) is 0 Å². The van der Waals surface area contributed by atoms with Crippen LogP contribution in [0.25, 0.3) is 0 Å². The Hall–Kier alpha value is -1.19. The third kappa shape index (κ3) is 3.04. The average Bonchev–Trinajstić information content (AvgIpc) is 2.74. The summed E-state index contributed by atoms with van der Waals surface area (Å²) in [4.78, 5) is 14.6. The molecule has 0 aliphatic carbocycles. The summed E-state index contributed by atoms with van der Waals surface area (Å²) >= 11 is 0. The first-order valence-corrected chi connectivity index (χ1v) is 6.99.